The lowest BCUT2D eigenvalue weighted by molar-refractivity contribution is 0.0645. The molecule has 1 aromatic rings. The number of carbonyl (C=O) groups is 1. The number of amides is 1. The minimum atomic E-state index is 0.0760. The summed E-state index contributed by atoms with van der Waals surface area (Å²) in [7, 11) is 0. The minimum Gasteiger partial charge on any atom is -0.337 e. The Hall–Kier alpha value is -1.36. The molecule has 0 radical (unpaired) electrons. The third-order valence-electron chi connectivity index (χ3n) is 4.34. The predicted octanol–water partition coefficient (Wildman–Crippen LogP) is 1.32. The maximum atomic E-state index is 12.4. The van der Waals surface area contributed by atoms with Gasteiger partial charge in [-0.2, -0.15) is 5.10 Å². The van der Waals surface area contributed by atoms with Crippen LogP contribution in [-0.2, 0) is 0 Å². The van der Waals surface area contributed by atoms with E-state index in [0.29, 0.717) is 17.7 Å². The molecule has 5 heteroatoms. The molecule has 0 aliphatic carbocycles. The summed E-state index contributed by atoms with van der Waals surface area (Å²) in [6.07, 6.45) is 4.88. The van der Waals surface area contributed by atoms with Gasteiger partial charge in [-0.25, -0.2) is 0 Å². The molecule has 3 heterocycles. The summed E-state index contributed by atoms with van der Waals surface area (Å²) >= 11 is 0. The molecular weight excluding hydrogens is 240 g/mol. The Morgan fingerprint density at radius 3 is 3.00 bits per heavy atom. The first-order valence-corrected chi connectivity index (χ1v) is 7.29. The average molecular weight is 262 g/mol. The van der Waals surface area contributed by atoms with Gasteiger partial charge in [0.05, 0.1) is 0 Å². The molecule has 2 N–H and O–H groups in total. The van der Waals surface area contributed by atoms with Crippen LogP contribution in [0.3, 0.4) is 0 Å². The van der Waals surface area contributed by atoms with E-state index >= 15 is 0 Å². The highest BCUT2D eigenvalue weighted by Gasteiger charge is 2.31. The van der Waals surface area contributed by atoms with Gasteiger partial charge in [-0.3, -0.25) is 9.89 Å². The molecule has 0 saturated carbocycles. The van der Waals surface area contributed by atoms with Crippen LogP contribution in [0.1, 0.15) is 41.9 Å². The molecular formula is C14H22N4O. The third-order valence-corrected chi connectivity index (χ3v) is 4.34. The number of nitrogens with one attached hydrogen (secondary N) is 2. The zero-order chi connectivity index (χ0) is 13.2. The molecule has 2 saturated heterocycles. The second-order valence-electron chi connectivity index (χ2n) is 5.79. The molecule has 0 aromatic carbocycles. The summed E-state index contributed by atoms with van der Waals surface area (Å²) in [6.45, 7) is 4.80. The van der Waals surface area contributed by atoms with Crippen molar-refractivity contribution in [3.05, 3.63) is 17.5 Å². The maximum Gasteiger partial charge on any atom is 0.274 e. The summed E-state index contributed by atoms with van der Waals surface area (Å²) in [6, 6.07) is 2.44. The quantitative estimate of drug-likeness (QED) is 0.845. The SMILES string of the molecule is Cc1cc(C(=O)N2CCCC(C3CCCN3)C2)n[nH]1. The Morgan fingerprint density at radius 1 is 1.42 bits per heavy atom. The van der Waals surface area contributed by atoms with E-state index in [2.05, 4.69) is 15.5 Å². The van der Waals surface area contributed by atoms with Crippen molar-refractivity contribution in [1.29, 1.82) is 0 Å². The zero-order valence-electron chi connectivity index (χ0n) is 11.5. The lowest BCUT2D eigenvalue weighted by Gasteiger charge is -2.35. The molecule has 1 aromatic heterocycles. The van der Waals surface area contributed by atoms with Gasteiger partial charge in [-0.1, -0.05) is 0 Å². The molecule has 5 nitrogen and oxygen atoms in total. The highest BCUT2D eigenvalue weighted by molar-refractivity contribution is 5.92. The van der Waals surface area contributed by atoms with Crippen molar-refractivity contribution >= 4 is 5.91 Å². The smallest absolute Gasteiger partial charge is 0.274 e. The van der Waals surface area contributed by atoms with Crippen LogP contribution in [0, 0.1) is 12.8 Å². The lowest BCUT2D eigenvalue weighted by atomic mass is 9.89. The number of rotatable bonds is 2. The van der Waals surface area contributed by atoms with Gasteiger partial charge in [0, 0.05) is 24.8 Å². The molecule has 104 valence electrons. The Morgan fingerprint density at radius 2 is 2.32 bits per heavy atom. The van der Waals surface area contributed by atoms with Gasteiger partial charge in [0.2, 0.25) is 0 Å². The Labute approximate surface area is 113 Å². The number of aryl methyl sites for hydroxylation is 1. The summed E-state index contributed by atoms with van der Waals surface area (Å²) in [4.78, 5) is 14.4. The van der Waals surface area contributed by atoms with Crippen molar-refractivity contribution in [1.82, 2.24) is 20.4 Å². The molecule has 0 bridgehead atoms. The number of aromatic amines is 1. The van der Waals surface area contributed by atoms with Gasteiger partial charge in [0.25, 0.3) is 5.91 Å². The molecule has 2 unspecified atom stereocenters. The summed E-state index contributed by atoms with van der Waals surface area (Å²) in [5.41, 5.74) is 1.49. The maximum absolute atomic E-state index is 12.4. The second kappa shape index (κ2) is 5.33. The van der Waals surface area contributed by atoms with Gasteiger partial charge in [-0.15, -0.1) is 0 Å². The van der Waals surface area contributed by atoms with Gasteiger partial charge < -0.3 is 10.2 Å². The largest absolute Gasteiger partial charge is 0.337 e. The first kappa shape index (κ1) is 12.7. The monoisotopic (exact) mass is 262 g/mol. The number of aromatic nitrogens is 2. The van der Waals surface area contributed by atoms with Crippen LogP contribution in [-0.4, -0.2) is 46.7 Å². The van der Waals surface area contributed by atoms with Gasteiger partial charge in [0.15, 0.2) is 0 Å². The van der Waals surface area contributed by atoms with Crippen molar-refractivity contribution < 1.29 is 4.79 Å². The summed E-state index contributed by atoms with van der Waals surface area (Å²) in [5.74, 6) is 0.687. The lowest BCUT2D eigenvalue weighted by Crippen LogP contribution is -2.46. The van der Waals surface area contributed by atoms with E-state index in [1.54, 1.807) is 0 Å². The van der Waals surface area contributed by atoms with E-state index in [1.165, 1.54) is 19.3 Å². The Bertz CT molecular complexity index is 450. The molecule has 2 atom stereocenters. The zero-order valence-corrected chi connectivity index (χ0v) is 11.5. The van der Waals surface area contributed by atoms with Crippen molar-refractivity contribution in [2.45, 2.75) is 38.6 Å². The molecule has 2 aliphatic rings. The van der Waals surface area contributed by atoms with E-state index in [-0.39, 0.29) is 5.91 Å². The molecule has 1 amide bonds. The molecule has 19 heavy (non-hydrogen) atoms. The number of likely N-dealkylation sites (tertiary alicyclic amines) is 1. The number of hydrogen-bond donors (Lipinski definition) is 2. The van der Waals surface area contributed by atoms with Crippen LogP contribution in [0.5, 0.6) is 0 Å². The second-order valence-corrected chi connectivity index (χ2v) is 5.79. The highest BCUT2D eigenvalue weighted by Crippen LogP contribution is 2.25. The van der Waals surface area contributed by atoms with Crippen LogP contribution >= 0.6 is 0 Å². The number of piperidine rings is 1. The summed E-state index contributed by atoms with van der Waals surface area (Å²) < 4.78 is 0. The molecule has 2 aliphatic heterocycles. The van der Waals surface area contributed by atoms with Crippen LogP contribution in [0.2, 0.25) is 0 Å². The fourth-order valence-electron chi connectivity index (χ4n) is 3.33. The fraction of sp³-hybridized carbons (Fsp3) is 0.714. The Kier molecular flexibility index (Phi) is 3.55. The minimum absolute atomic E-state index is 0.0760. The van der Waals surface area contributed by atoms with Crippen LogP contribution in [0.25, 0.3) is 0 Å². The average Bonchev–Trinajstić information content (AvgIpc) is 3.09. The first-order valence-electron chi connectivity index (χ1n) is 7.29. The molecule has 3 rings (SSSR count). The van der Waals surface area contributed by atoms with Crippen LogP contribution in [0.4, 0.5) is 0 Å². The Balaban J connectivity index is 1.65. The van der Waals surface area contributed by atoms with E-state index in [1.807, 2.05) is 17.9 Å². The number of nitrogens with zero attached hydrogens (tertiary/aromatic N) is 2. The van der Waals surface area contributed by atoms with Crippen molar-refractivity contribution in [2.75, 3.05) is 19.6 Å². The number of H-pyrrole nitrogens is 1. The van der Waals surface area contributed by atoms with Gasteiger partial charge >= 0.3 is 0 Å². The molecule has 0 spiro atoms. The summed E-state index contributed by atoms with van der Waals surface area (Å²) in [5, 5.41) is 10.5. The predicted molar refractivity (Wildman–Crippen MR) is 73.0 cm³/mol. The number of carbonyl (C=O) groups excluding carboxylic acids is 1. The van der Waals surface area contributed by atoms with Crippen molar-refractivity contribution in [3.63, 3.8) is 0 Å². The van der Waals surface area contributed by atoms with Crippen molar-refractivity contribution in [2.24, 2.45) is 5.92 Å². The standard InChI is InChI=1S/C14H22N4O/c1-10-8-13(17-16-10)14(19)18-7-3-4-11(9-18)12-5-2-6-15-12/h8,11-12,15H,2-7,9H2,1H3,(H,16,17). The van der Waals surface area contributed by atoms with E-state index < -0.39 is 0 Å². The van der Waals surface area contributed by atoms with E-state index in [4.69, 9.17) is 0 Å². The van der Waals surface area contributed by atoms with Crippen LogP contribution in [0.15, 0.2) is 6.07 Å². The highest BCUT2D eigenvalue weighted by atomic mass is 16.2. The number of hydrogen-bond acceptors (Lipinski definition) is 3. The van der Waals surface area contributed by atoms with Crippen molar-refractivity contribution in [3.8, 4) is 0 Å². The molecule has 2 fully saturated rings. The normalized spacial score (nSPS) is 27.7. The first-order chi connectivity index (χ1) is 9.24. The third kappa shape index (κ3) is 2.66. The fourth-order valence-corrected chi connectivity index (χ4v) is 3.33. The van der Waals surface area contributed by atoms with E-state index in [0.717, 1.165) is 31.7 Å². The topological polar surface area (TPSA) is 61.0 Å². The van der Waals surface area contributed by atoms with Gasteiger partial charge in [-0.05, 0) is 51.1 Å². The van der Waals surface area contributed by atoms with Gasteiger partial charge in [0.1, 0.15) is 5.69 Å². The van der Waals surface area contributed by atoms with E-state index in [9.17, 15) is 4.79 Å². The van der Waals surface area contributed by atoms with Crippen LogP contribution < -0.4 is 5.32 Å².